The number of hydrogen-bond donors (Lipinski definition) is 1. The van der Waals surface area contributed by atoms with E-state index in [4.69, 9.17) is 5.73 Å². The molecule has 0 unspecified atom stereocenters. The van der Waals surface area contributed by atoms with Crippen molar-refractivity contribution < 1.29 is 8.78 Å². The fraction of sp³-hybridized carbons (Fsp3) is 0.214. The van der Waals surface area contributed by atoms with Crippen LogP contribution >= 0.6 is 0 Å². The first-order valence-electron chi connectivity index (χ1n) is 6.27. The van der Waals surface area contributed by atoms with Crippen molar-refractivity contribution in [3.63, 3.8) is 0 Å². The van der Waals surface area contributed by atoms with Gasteiger partial charge in [-0.15, -0.1) is 0 Å². The summed E-state index contributed by atoms with van der Waals surface area (Å²) in [6, 6.07) is 7.78. The number of fused-ring (bicyclic) bond motifs is 1. The van der Waals surface area contributed by atoms with Gasteiger partial charge in [0.1, 0.15) is 5.82 Å². The van der Waals surface area contributed by atoms with E-state index in [0.717, 1.165) is 21.0 Å². The Morgan fingerprint density at radius 1 is 1.25 bits per heavy atom. The zero-order valence-electron chi connectivity index (χ0n) is 10.7. The van der Waals surface area contributed by atoms with Crippen LogP contribution in [0, 0.1) is 0 Å². The lowest BCUT2D eigenvalue weighted by Crippen LogP contribution is -2.08. The third-order valence-electron chi connectivity index (χ3n) is 3.36. The Kier molecular flexibility index (Phi) is 3.23. The molecule has 2 N–H and O–H groups in total. The predicted molar refractivity (Wildman–Crippen MR) is 72.4 cm³/mol. The van der Waals surface area contributed by atoms with E-state index in [2.05, 4.69) is 4.98 Å². The van der Waals surface area contributed by atoms with Crippen LogP contribution in [0.3, 0.4) is 0 Å². The molecule has 2 heterocycles. The third kappa shape index (κ3) is 2.08. The summed E-state index contributed by atoms with van der Waals surface area (Å²) < 4.78 is 28.5. The average Bonchev–Trinajstić information content (AvgIpc) is 3.04. The Bertz CT molecular complexity index is 730. The fourth-order valence-electron chi connectivity index (χ4n) is 2.41. The van der Waals surface area contributed by atoms with Gasteiger partial charge in [0, 0.05) is 36.0 Å². The van der Waals surface area contributed by atoms with Gasteiger partial charge in [0.15, 0.2) is 0 Å². The van der Waals surface area contributed by atoms with Gasteiger partial charge in [0.05, 0.1) is 6.54 Å². The molecule has 0 spiro atoms. The van der Waals surface area contributed by atoms with E-state index in [-0.39, 0.29) is 6.54 Å². The molecule has 0 aliphatic heterocycles. The Labute approximate surface area is 114 Å². The van der Waals surface area contributed by atoms with E-state index in [0.29, 0.717) is 12.4 Å². The first-order valence-corrected chi connectivity index (χ1v) is 6.27. The van der Waals surface area contributed by atoms with E-state index in [1.807, 2.05) is 35.0 Å². The summed E-state index contributed by atoms with van der Waals surface area (Å²) in [5.41, 5.74) is 7.69. The van der Waals surface area contributed by atoms with Crippen LogP contribution in [-0.2, 0) is 13.1 Å². The highest BCUT2D eigenvalue weighted by Crippen LogP contribution is 2.22. The molecule has 4 nitrogen and oxygen atoms in total. The maximum Gasteiger partial charge on any atom is 0.319 e. The molecule has 6 heteroatoms. The Balaban J connectivity index is 2.05. The summed E-state index contributed by atoms with van der Waals surface area (Å²) >= 11 is 0. The Hall–Kier alpha value is -2.21. The number of alkyl halides is 2. The fourth-order valence-corrected chi connectivity index (χ4v) is 2.41. The van der Waals surface area contributed by atoms with Gasteiger partial charge in [-0.1, -0.05) is 18.2 Å². The van der Waals surface area contributed by atoms with Crippen LogP contribution in [0.2, 0.25) is 0 Å². The largest absolute Gasteiger partial charge is 0.340 e. The van der Waals surface area contributed by atoms with E-state index in [9.17, 15) is 8.78 Å². The number of aromatic nitrogens is 3. The molecule has 20 heavy (non-hydrogen) atoms. The van der Waals surface area contributed by atoms with Crippen molar-refractivity contribution in [3.8, 4) is 0 Å². The number of para-hydroxylation sites is 1. The van der Waals surface area contributed by atoms with Crippen LogP contribution in [0.25, 0.3) is 10.9 Å². The van der Waals surface area contributed by atoms with Crippen LogP contribution in [-0.4, -0.2) is 14.1 Å². The standard InChI is InChI=1S/C14H14F2N4/c15-14(16)20-6-5-18-13(20)9-19-8-10(7-17)11-3-1-2-4-12(11)19/h1-6,8,14H,7,9,17H2. The SMILES string of the molecule is NCc1cn(Cc2nccn2C(F)F)c2ccccc12. The van der Waals surface area contributed by atoms with E-state index in [1.54, 1.807) is 0 Å². The monoisotopic (exact) mass is 276 g/mol. The van der Waals surface area contributed by atoms with E-state index in [1.165, 1.54) is 12.4 Å². The second-order valence-corrected chi connectivity index (χ2v) is 4.53. The molecular weight excluding hydrogens is 262 g/mol. The molecule has 0 atom stereocenters. The predicted octanol–water partition coefficient (Wildman–Crippen LogP) is 2.74. The molecule has 0 amide bonds. The molecule has 0 fully saturated rings. The van der Waals surface area contributed by atoms with Gasteiger partial charge < -0.3 is 10.3 Å². The lowest BCUT2D eigenvalue weighted by molar-refractivity contribution is 0.0667. The summed E-state index contributed by atoms with van der Waals surface area (Å²) in [5, 5.41) is 1.05. The lowest BCUT2D eigenvalue weighted by Gasteiger charge is -2.08. The summed E-state index contributed by atoms with van der Waals surface area (Å²) in [5.74, 6) is 0.323. The highest BCUT2D eigenvalue weighted by atomic mass is 19.3. The molecule has 0 aliphatic carbocycles. The second-order valence-electron chi connectivity index (χ2n) is 4.53. The topological polar surface area (TPSA) is 48.8 Å². The summed E-state index contributed by atoms with van der Waals surface area (Å²) in [7, 11) is 0. The van der Waals surface area contributed by atoms with Gasteiger partial charge in [-0.3, -0.25) is 4.57 Å². The van der Waals surface area contributed by atoms with Crippen LogP contribution < -0.4 is 5.73 Å². The first kappa shape index (κ1) is 12.8. The number of imidazole rings is 1. The minimum atomic E-state index is -2.58. The number of benzene rings is 1. The molecule has 2 aromatic heterocycles. The summed E-state index contributed by atoms with van der Waals surface area (Å²) in [4.78, 5) is 4.01. The lowest BCUT2D eigenvalue weighted by atomic mass is 10.2. The molecule has 3 rings (SSSR count). The Morgan fingerprint density at radius 2 is 2.05 bits per heavy atom. The van der Waals surface area contributed by atoms with Gasteiger partial charge >= 0.3 is 6.55 Å². The molecule has 3 aromatic rings. The molecule has 1 aromatic carbocycles. The van der Waals surface area contributed by atoms with Crippen LogP contribution in [0.5, 0.6) is 0 Å². The zero-order valence-corrected chi connectivity index (χ0v) is 10.7. The molecular formula is C14H14F2N4. The number of nitrogens with zero attached hydrogens (tertiary/aromatic N) is 3. The van der Waals surface area contributed by atoms with Crippen molar-refractivity contribution in [1.29, 1.82) is 0 Å². The van der Waals surface area contributed by atoms with Crippen LogP contribution in [0.4, 0.5) is 8.78 Å². The van der Waals surface area contributed by atoms with Crippen LogP contribution in [0.1, 0.15) is 17.9 Å². The van der Waals surface area contributed by atoms with Gasteiger partial charge in [-0.05, 0) is 11.6 Å². The van der Waals surface area contributed by atoms with E-state index < -0.39 is 6.55 Å². The summed E-state index contributed by atoms with van der Waals surface area (Å²) in [6.07, 6.45) is 4.57. The second kappa shape index (κ2) is 5.05. The molecule has 0 saturated carbocycles. The van der Waals surface area contributed by atoms with Crippen molar-refractivity contribution in [3.05, 3.63) is 54.2 Å². The normalized spacial score (nSPS) is 11.6. The van der Waals surface area contributed by atoms with Gasteiger partial charge in [0.2, 0.25) is 0 Å². The van der Waals surface area contributed by atoms with Crippen molar-refractivity contribution >= 4 is 10.9 Å². The summed E-state index contributed by atoms with van der Waals surface area (Å²) in [6.45, 7) is -1.88. The van der Waals surface area contributed by atoms with Crippen molar-refractivity contribution in [2.75, 3.05) is 0 Å². The molecule has 0 aliphatic rings. The van der Waals surface area contributed by atoms with E-state index >= 15 is 0 Å². The average molecular weight is 276 g/mol. The van der Waals surface area contributed by atoms with Gasteiger partial charge in [-0.25, -0.2) is 4.98 Å². The minimum absolute atomic E-state index is 0.290. The molecule has 104 valence electrons. The third-order valence-corrected chi connectivity index (χ3v) is 3.36. The first-order chi connectivity index (χ1) is 9.70. The van der Waals surface area contributed by atoms with Crippen molar-refractivity contribution in [2.24, 2.45) is 5.73 Å². The Morgan fingerprint density at radius 3 is 2.80 bits per heavy atom. The number of hydrogen-bond acceptors (Lipinski definition) is 2. The molecule has 0 saturated heterocycles. The highest BCUT2D eigenvalue weighted by molar-refractivity contribution is 5.84. The molecule has 0 radical (unpaired) electrons. The smallest absolute Gasteiger partial charge is 0.319 e. The van der Waals surface area contributed by atoms with Crippen molar-refractivity contribution in [1.82, 2.24) is 14.1 Å². The maximum atomic E-state index is 12.8. The minimum Gasteiger partial charge on any atom is -0.340 e. The number of rotatable bonds is 4. The number of halogens is 2. The van der Waals surface area contributed by atoms with Crippen LogP contribution in [0.15, 0.2) is 42.9 Å². The molecule has 0 bridgehead atoms. The number of nitrogens with two attached hydrogens (primary N) is 1. The van der Waals surface area contributed by atoms with Gasteiger partial charge in [0.25, 0.3) is 0 Å². The highest BCUT2D eigenvalue weighted by Gasteiger charge is 2.13. The van der Waals surface area contributed by atoms with Crippen molar-refractivity contribution in [2.45, 2.75) is 19.6 Å². The van der Waals surface area contributed by atoms with Gasteiger partial charge in [-0.2, -0.15) is 8.78 Å². The quantitative estimate of drug-likeness (QED) is 0.796. The zero-order chi connectivity index (χ0) is 14.1. The maximum absolute atomic E-state index is 12.8.